The quantitative estimate of drug-likeness (QED) is 0.843. The molecule has 1 aromatic rings. The summed E-state index contributed by atoms with van der Waals surface area (Å²) >= 11 is 2.04. The molecule has 15 heavy (non-hydrogen) atoms. The third-order valence-corrected chi connectivity index (χ3v) is 4.41. The Bertz CT molecular complexity index is 305. The Balaban J connectivity index is 1.80. The summed E-state index contributed by atoms with van der Waals surface area (Å²) < 4.78 is 1.94. The molecule has 0 radical (unpaired) electrons. The van der Waals surface area contributed by atoms with E-state index in [0.717, 1.165) is 18.8 Å². The van der Waals surface area contributed by atoms with Gasteiger partial charge in [0, 0.05) is 25.0 Å². The van der Waals surface area contributed by atoms with Crippen LogP contribution in [0.15, 0.2) is 12.3 Å². The van der Waals surface area contributed by atoms with Gasteiger partial charge in [0.15, 0.2) is 0 Å². The molecule has 1 aromatic heterocycles. The minimum atomic E-state index is 0.370. The summed E-state index contributed by atoms with van der Waals surface area (Å²) in [6.07, 6.45) is 5.30. The van der Waals surface area contributed by atoms with Crippen LogP contribution < -0.4 is 5.73 Å². The van der Waals surface area contributed by atoms with E-state index in [-0.39, 0.29) is 0 Å². The van der Waals surface area contributed by atoms with E-state index in [1.807, 2.05) is 29.7 Å². The highest BCUT2D eigenvalue weighted by atomic mass is 32.2. The van der Waals surface area contributed by atoms with E-state index in [0.29, 0.717) is 6.04 Å². The van der Waals surface area contributed by atoms with Gasteiger partial charge in [0.1, 0.15) is 0 Å². The van der Waals surface area contributed by atoms with Crippen LogP contribution in [-0.2, 0) is 13.5 Å². The summed E-state index contributed by atoms with van der Waals surface area (Å²) in [5, 5.41) is 4.16. The summed E-state index contributed by atoms with van der Waals surface area (Å²) in [7, 11) is 1.99. The zero-order chi connectivity index (χ0) is 10.7. The minimum absolute atomic E-state index is 0.370. The summed E-state index contributed by atoms with van der Waals surface area (Å²) in [4.78, 5) is 0. The van der Waals surface area contributed by atoms with Gasteiger partial charge in [0.25, 0.3) is 0 Å². The maximum absolute atomic E-state index is 6.20. The molecule has 0 amide bonds. The number of hydrogen-bond donors (Lipinski definition) is 1. The van der Waals surface area contributed by atoms with Crippen LogP contribution in [0.5, 0.6) is 0 Å². The summed E-state index contributed by atoms with van der Waals surface area (Å²) in [6.45, 7) is 0. The molecule has 3 nitrogen and oxygen atoms in total. The van der Waals surface area contributed by atoms with Crippen molar-refractivity contribution >= 4 is 11.8 Å². The van der Waals surface area contributed by atoms with Crippen LogP contribution in [0.25, 0.3) is 0 Å². The molecule has 1 aliphatic heterocycles. The van der Waals surface area contributed by atoms with Crippen LogP contribution in [0.1, 0.15) is 18.5 Å². The van der Waals surface area contributed by atoms with Crippen molar-refractivity contribution in [2.24, 2.45) is 18.7 Å². The van der Waals surface area contributed by atoms with Crippen LogP contribution in [0.4, 0.5) is 0 Å². The minimum Gasteiger partial charge on any atom is -0.327 e. The molecular formula is C11H19N3S. The first-order chi connectivity index (χ1) is 7.27. The fourth-order valence-corrected chi connectivity index (χ4v) is 3.44. The van der Waals surface area contributed by atoms with Crippen molar-refractivity contribution in [1.29, 1.82) is 0 Å². The van der Waals surface area contributed by atoms with E-state index >= 15 is 0 Å². The molecule has 0 bridgehead atoms. The van der Waals surface area contributed by atoms with Crippen LogP contribution in [-0.4, -0.2) is 27.3 Å². The average molecular weight is 225 g/mol. The summed E-state index contributed by atoms with van der Waals surface area (Å²) in [5.41, 5.74) is 7.49. The lowest BCUT2D eigenvalue weighted by Crippen LogP contribution is -2.30. The molecule has 2 rings (SSSR count). The largest absolute Gasteiger partial charge is 0.327 e. The number of nitrogens with zero attached hydrogens (tertiary/aromatic N) is 2. The Hall–Kier alpha value is -0.480. The molecule has 0 aliphatic carbocycles. The second-order valence-electron chi connectivity index (χ2n) is 4.27. The van der Waals surface area contributed by atoms with Gasteiger partial charge in [-0.2, -0.15) is 16.9 Å². The number of thioether (sulfide) groups is 1. The Morgan fingerprint density at radius 1 is 1.73 bits per heavy atom. The number of nitrogens with two attached hydrogens (primary N) is 1. The van der Waals surface area contributed by atoms with E-state index in [1.165, 1.54) is 23.6 Å². The van der Waals surface area contributed by atoms with Gasteiger partial charge < -0.3 is 5.73 Å². The average Bonchev–Trinajstić information content (AvgIpc) is 2.85. The van der Waals surface area contributed by atoms with Crippen molar-refractivity contribution in [2.75, 3.05) is 11.5 Å². The second kappa shape index (κ2) is 5.03. The maximum Gasteiger partial charge on any atom is 0.0492 e. The van der Waals surface area contributed by atoms with Crippen molar-refractivity contribution in [1.82, 2.24) is 9.78 Å². The van der Waals surface area contributed by atoms with Crippen LogP contribution in [0.2, 0.25) is 0 Å². The lowest BCUT2D eigenvalue weighted by molar-refractivity contribution is 0.436. The highest BCUT2D eigenvalue weighted by molar-refractivity contribution is 7.99. The Morgan fingerprint density at radius 2 is 2.60 bits per heavy atom. The first-order valence-electron chi connectivity index (χ1n) is 5.57. The molecule has 1 saturated heterocycles. The first kappa shape index (κ1) is 11.0. The third kappa shape index (κ3) is 2.75. The molecule has 84 valence electrons. The predicted molar refractivity (Wildman–Crippen MR) is 64.9 cm³/mol. The van der Waals surface area contributed by atoms with Gasteiger partial charge in [-0.15, -0.1) is 0 Å². The van der Waals surface area contributed by atoms with Crippen molar-refractivity contribution in [3.05, 3.63) is 18.0 Å². The zero-order valence-corrected chi connectivity index (χ0v) is 10.0. The van der Waals surface area contributed by atoms with Crippen molar-refractivity contribution in [3.63, 3.8) is 0 Å². The molecule has 2 atom stereocenters. The van der Waals surface area contributed by atoms with E-state index < -0.39 is 0 Å². The smallest absolute Gasteiger partial charge is 0.0492 e. The van der Waals surface area contributed by atoms with Crippen LogP contribution in [0, 0.1) is 5.92 Å². The number of rotatable bonds is 4. The van der Waals surface area contributed by atoms with Gasteiger partial charge in [-0.25, -0.2) is 0 Å². The molecule has 1 aliphatic rings. The molecule has 0 spiro atoms. The first-order valence-corrected chi connectivity index (χ1v) is 6.73. The second-order valence-corrected chi connectivity index (χ2v) is 5.42. The zero-order valence-electron chi connectivity index (χ0n) is 9.22. The highest BCUT2D eigenvalue weighted by Gasteiger charge is 2.22. The highest BCUT2D eigenvalue weighted by Crippen LogP contribution is 2.26. The Morgan fingerprint density at radius 3 is 3.20 bits per heavy atom. The van der Waals surface area contributed by atoms with E-state index in [1.54, 1.807) is 0 Å². The van der Waals surface area contributed by atoms with Gasteiger partial charge >= 0.3 is 0 Å². The fourth-order valence-electron chi connectivity index (χ4n) is 2.09. The summed E-state index contributed by atoms with van der Waals surface area (Å²) in [6, 6.07) is 2.45. The maximum atomic E-state index is 6.20. The molecule has 1 fully saturated rings. The monoisotopic (exact) mass is 225 g/mol. The van der Waals surface area contributed by atoms with Gasteiger partial charge in [-0.3, -0.25) is 4.68 Å². The van der Waals surface area contributed by atoms with Crippen LogP contribution in [0.3, 0.4) is 0 Å². The molecule has 4 heteroatoms. The van der Waals surface area contributed by atoms with Gasteiger partial charge in [-0.1, -0.05) is 0 Å². The number of hydrogen-bond acceptors (Lipinski definition) is 3. The molecule has 0 aromatic carbocycles. The van der Waals surface area contributed by atoms with E-state index in [4.69, 9.17) is 5.73 Å². The lowest BCUT2D eigenvalue weighted by atomic mass is 9.95. The van der Waals surface area contributed by atoms with Gasteiger partial charge in [-0.05, 0) is 42.8 Å². The lowest BCUT2D eigenvalue weighted by Gasteiger charge is -2.17. The van der Waals surface area contributed by atoms with Crippen molar-refractivity contribution in [3.8, 4) is 0 Å². The number of aromatic nitrogens is 2. The SMILES string of the molecule is Cn1nccc1CCC(N)C1CCSC1. The Kier molecular flexibility index (Phi) is 3.70. The third-order valence-electron chi connectivity index (χ3n) is 3.23. The molecule has 2 N–H and O–H groups in total. The summed E-state index contributed by atoms with van der Waals surface area (Å²) in [5.74, 6) is 3.29. The fraction of sp³-hybridized carbons (Fsp3) is 0.727. The van der Waals surface area contributed by atoms with Crippen molar-refractivity contribution < 1.29 is 0 Å². The predicted octanol–water partition coefficient (Wildman–Crippen LogP) is 1.43. The molecule has 0 saturated carbocycles. The molecular weight excluding hydrogens is 206 g/mol. The normalized spacial score (nSPS) is 23.2. The van der Waals surface area contributed by atoms with Gasteiger partial charge in [0.2, 0.25) is 0 Å². The van der Waals surface area contributed by atoms with Gasteiger partial charge in [0.05, 0.1) is 0 Å². The number of aryl methyl sites for hydroxylation is 2. The molecule has 2 unspecified atom stereocenters. The standard InChI is InChI=1S/C11H19N3S/c1-14-10(4-6-13-14)2-3-11(12)9-5-7-15-8-9/h4,6,9,11H,2-3,5,7-8,12H2,1H3. The Labute approximate surface area is 95.4 Å². The van der Waals surface area contributed by atoms with Crippen LogP contribution >= 0.6 is 11.8 Å². The van der Waals surface area contributed by atoms with Crippen molar-refractivity contribution in [2.45, 2.75) is 25.3 Å². The van der Waals surface area contributed by atoms with E-state index in [9.17, 15) is 0 Å². The molecule has 2 heterocycles. The topological polar surface area (TPSA) is 43.8 Å². The van der Waals surface area contributed by atoms with E-state index in [2.05, 4.69) is 11.2 Å².